The molecule has 16 heavy (non-hydrogen) atoms. The minimum Gasteiger partial charge on any atom is -0.319 e. The molecule has 1 unspecified atom stereocenters. The summed E-state index contributed by atoms with van der Waals surface area (Å²) in [6.07, 6.45) is 3.94. The van der Waals surface area contributed by atoms with Gasteiger partial charge >= 0.3 is 0 Å². The quantitative estimate of drug-likeness (QED) is 0.538. The molecule has 0 heterocycles. The van der Waals surface area contributed by atoms with E-state index in [0.29, 0.717) is 5.54 Å². The maximum absolute atomic E-state index is 2.53. The van der Waals surface area contributed by atoms with Gasteiger partial charge in [-0.1, -0.05) is 20.8 Å². The third-order valence-electron chi connectivity index (χ3n) is 5.48. The Hall–Kier alpha value is -0.0400. The molecule has 0 saturated carbocycles. The second-order valence-electron chi connectivity index (χ2n) is 5.32. The molecule has 0 spiro atoms. The highest BCUT2D eigenvalue weighted by molar-refractivity contribution is 4.83. The smallest absolute Gasteiger partial charge is 0.0989 e. The lowest BCUT2D eigenvalue weighted by Gasteiger charge is -2.54. The molecule has 0 radical (unpaired) electrons. The topological polar surface area (TPSA) is 0 Å². The molecule has 0 N–H and O–H groups in total. The van der Waals surface area contributed by atoms with Crippen molar-refractivity contribution in [3.8, 4) is 0 Å². The molecule has 0 bridgehead atoms. The van der Waals surface area contributed by atoms with Crippen molar-refractivity contribution in [3.63, 3.8) is 0 Å². The molecule has 98 valence electrons. The summed E-state index contributed by atoms with van der Waals surface area (Å²) in [5.74, 6) is 0.859. The second-order valence-corrected chi connectivity index (χ2v) is 5.32. The van der Waals surface area contributed by atoms with Gasteiger partial charge in [-0.2, -0.15) is 0 Å². The van der Waals surface area contributed by atoms with Crippen LogP contribution < -0.4 is 0 Å². The Labute approximate surface area is 104 Å². The van der Waals surface area contributed by atoms with Crippen molar-refractivity contribution >= 4 is 0 Å². The Morgan fingerprint density at radius 2 is 1.19 bits per heavy atom. The molecular weight excluding hydrogens is 194 g/mol. The van der Waals surface area contributed by atoms with E-state index in [1.54, 1.807) is 0 Å². The zero-order valence-corrected chi connectivity index (χ0v) is 12.8. The van der Waals surface area contributed by atoms with E-state index in [1.807, 2.05) is 0 Å². The molecule has 0 aliphatic rings. The molecule has 0 rings (SSSR count). The van der Waals surface area contributed by atoms with E-state index in [4.69, 9.17) is 0 Å². The van der Waals surface area contributed by atoms with Gasteiger partial charge in [-0.15, -0.1) is 0 Å². The predicted molar refractivity (Wildman–Crippen MR) is 74.7 cm³/mol. The summed E-state index contributed by atoms with van der Waals surface area (Å²) in [5, 5.41) is 0. The van der Waals surface area contributed by atoms with Gasteiger partial charge in [-0.25, -0.2) is 0 Å². The Morgan fingerprint density at radius 3 is 1.38 bits per heavy atom. The first-order chi connectivity index (χ1) is 7.51. The predicted octanol–water partition coefficient (Wildman–Crippen LogP) is 4.47. The van der Waals surface area contributed by atoms with Gasteiger partial charge in [0.1, 0.15) is 0 Å². The fourth-order valence-electron chi connectivity index (χ4n) is 3.93. The van der Waals surface area contributed by atoms with Gasteiger partial charge in [0.05, 0.1) is 25.2 Å². The fourth-order valence-corrected chi connectivity index (χ4v) is 3.93. The van der Waals surface area contributed by atoms with Crippen molar-refractivity contribution < 1.29 is 4.48 Å². The van der Waals surface area contributed by atoms with E-state index < -0.39 is 0 Å². The summed E-state index contributed by atoms with van der Waals surface area (Å²) in [6, 6.07) is 0. The van der Waals surface area contributed by atoms with Crippen molar-refractivity contribution in [1.82, 2.24) is 0 Å². The molecule has 0 aromatic carbocycles. The van der Waals surface area contributed by atoms with Crippen molar-refractivity contribution in [1.29, 1.82) is 0 Å². The van der Waals surface area contributed by atoms with E-state index in [9.17, 15) is 0 Å². The Bertz CT molecular complexity index is 172. The van der Waals surface area contributed by atoms with Crippen LogP contribution in [0.25, 0.3) is 0 Å². The van der Waals surface area contributed by atoms with Gasteiger partial charge in [0.25, 0.3) is 0 Å². The molecule has 0 aliphatic carbocycles. The van der Waals surface area contributed by atoms with E-state index in [0.717, 1.165) is 5.92 Å². The zero-order valence-electron chi connectivity index (χ0n) is 12.8. The zero-order chi connectivity index (χ0) is 12.8. The van der Waals surface area contributed by atoms with Gasteiger partial charge in [0.2, 0.25) is 0 Å². The molecule has 0 aliphatic heterocycles. The lowest BCUT2D eigenvalue weighted by molar-refractivity contribution is -0.975. The van der Waals surface area contributed by atoms with Crippen LogP contribution in [0, 0.1) is 5.92 Å². The molecule has 0 aromatic rings. The Kier molecular flexibility index (Phi) is 6.62. The molecular formula is C15H34N+. The van der Waals surface area contributed by atoms with Crippen LogP contribution in [0.3, 0.4) is 0 Å². The molecule has 1 atom stereocenters. The maximum Gasteiger partial charge on any atom is 0.0989 e. The fraction of sp³-hybridized carbons (Fsp3) is 1.00. The van der Waals surface area contributed by atoms with Crippen LogP contribution in [-0.4, -0.2) is 29.7 Å². The van der Waals surface area contributed by atoms with Crippen LogP contribution >= 0.6 is 0 Å². The monoisotopic (exact) mass is 228 g/mol. The Balaban J connectivity index is 5.31. The number of rotatable bonds is 8. The summed E-state index contributed by atoms with van der Waals surface area (Å²) in [5.41, 5.74) is 0.460. The van der Waals surface area contributed by atoms with E-state index in [2.05, 4.69) is 48.5 Å². The van der Waals surface area contributed by atoms with Crippen LogP contribution in [-0.2, 0) is 0 Å². The van der Waals surface area contributed by atoms with Crippen LogP contribution in [0.4, 0.5) is 0 Å². The van der Waals surface area contributed by atoms with Crippen molar-refractivity contribution in [2.24, 2.45) is 5.92 Å². The highest BCUT2D eigenvalue weighted by Crippen LogP contribution is 2.38. The Morgan fingerprint density at radius 1 is 0.812 bits per heavy atom. The summed E-state index contributed by atoms with van der Waals surface area (Å²) in [7, 11) is 0. The minimum absolute atomic E-state index is 0.460. The lowest BCUT2D eigenvalue weighted by Crippen LogP contribution is -2.65. The minimum atomic E-state index is 0.460. The third kappa shape index (κ3) is 2.45. The summed E-state index contributed by atoms with van der Waals surface area (Å²) >= 11 is 0. The van der Waals surface area contributed by atoms with E-state index in [1.165, 1.54) is 43.4 Å². The van der Waals surface area contributed by atoms with Gasteiger partial charge in [-0.3, -0.25) is 0 Å². The average Bonchev–Trinajstić information content (AvgIpc) is 2.33. The molecule has 0 fully saturated rings. The van der Waals surface area contributed by atoms with Gasteiger partial charge < -0.3 is 4.48 Å². The van der Waals surface area contributed by atoms with Crippen molar-refractivity contribution in [2.75, 3.05) is 19.6 Å². The van der Waals surface area contributed by atoms with Gasteiger partial charge in [0.15, 0.2) is 0 Å². The summed E-state index contributed by atoms with van der Waals surface area (Å²) in [4.78, 5) is 0. The molecule has 1 nitrogen and oxygen atoms in total. The number of hydrogen-bond donors (Lipinski definition) is 0. The number of quaternary nitrogens is 1. The van der Waals surface area contributed by atoms with E-state index >= 15 is 0 Å². The van der Waals surface area contributed by atoms with Crippen LogP contribution in [0.1, 0.15) is 67.7 Å². The normalized spacial score (nSPS) is 16.5. The van der Waals surface area contributed by atoms with Gasteiger partial charge in [-0.05, 0) is 47.0 Å². The van der Waals surface area contributed by atoms with Crippen LogP contribution in [0.15, 0.2) is 0 Å². The molecule has 0 amide bonds. The van der Waals surface area contributed by atoms with Crippen LogP contribution in [0.2, 0.25) is 0 Å². The number of nitrogens with zero attached hydrogens (tertiary/aromatic N) is 1. The maximum atomic E-state index is 2.53. The molecule has 0 aromatic heterocycles. The highest BCUT2D eigenvalue weighted by Gasteiger charge is 2.46. The standard InChI is InChI=1S/C15H34N/c1-8-14(9-2)15(7,10-3)16(11-4,12-5)13-6/h14H,8-13H2,1-7H3/q+1. The first-order valence-electron chi connectivity index (χ1n) is 7.37. The molecule has 1 heteroatoms. The van der Waals surface area contributed by atoms with Crippen molar-refractivity contribution in [2.45, 2.75) is 73.3 Å². The SMILES string of the molecule is CCC(CC)C(C)(CC)[N+](CC)(CC)CC. The van der Waals surface area contributed by atoms with Crippen LogP contribution in [0.5, 0.6) is 0 Å². The number of hydrogen-bond acceptors (Lipinski definition) is 0. The third-order valence-corrected chi connectivity index (χ3v) is 5.48. The summed E-state index contributed by atoms with van der Waals surface area (Å²) in [6.45, 7) is 20.5. The molecule has 0 saturated heterocycles. The van der Waals surface area contributed by atoms with E-state index in [-0.39, 0.29) is 0 Å². The average molecular weight is 228 g/mol. The van der Waals surface area contributed by atoms with Crippen molar-refractivity contribution in [3.05, 3.63) is 0 Å². The van der Waals surface area contributed by atoms with Gasteiger partial charge in [0, 0.05) is 5.92 Å². The highest BCUT2D eigenvalue weighted by atomic mass is 15.4. The lowest BCUT2D eigenvalue weighted by atomic mass is 9.76. The second kappa shape index (κ2) is 6.64. The first-order valence-corrected chi connectivity index (χ1v) is 7.37. The summed E-state index contributed by atoms with van der Waals surface area (Å²) < 4.78 is 1.29. The first kappa shape index (κ1) is 16.0. The largest absolute Gasteiger partial charge is 0.319 e.